The lowest BCUT2D eigenvalue weighted by atomic mass is 10.3. The fourth-order valence-corrected chi connectivity index (χ4v) is 0.938. The molecule has 0 aliphatic heterocycles. The first-order valence-corrected chi connectivity index (χ1v) is 4.43. The predicted molar refractivity (Wildman–Crippen MR) is 52.4 cm³/mol. The van der Waals surface area contributed by atoms with E-state index in [0.717, 1.165) is 11.0 Å². The minimum Gasteiger partial charge on any atom is -0.463 e. The molecule has 1 heterocycles. The van der Waals surface area contributed by atoms with Crippen molar-refractivity contribution in [1.29, 1.82) is 0 Å². The summed E-state index contributed by atoms with van der Waals surface area (Å²) < 4.78 is 5.85. The van der Waals surface area contributed by atoms with E-state index in [0.29, 0.717) is 0 Å². The van der Waals surface area contributed by atoms with E-state index in [1.54, 1.807) is 6.92 Å². The molecule has 0 spiro atoms. The molecule has 0 aliphatic rings. The maximum atomic E-state index is 11.2. The number of aromatic nitrogens is 3. The summed E-state index contributed by atoms with van der Waals surface area (Å²) in [5.41, 5.74) is 0.154. The Labute approximate surface area is 90.7 Å². The van der Waals surface area contributed by atoms with E-state index in [1.165, 1.54) is 0 Å². The van der Waals surface area contributed by atoms with Crippen LogP contribution in [-0.2, 0) is 16.1 Å². The second kappa shape index (κ2) is 5.01. The number of ether oxygens (including phenoxy) is 1. The van der Waals surface area contributed by atoms with Crippen molar-refractivity contribution in [2.75, 3.05) is 6.61 Å². The molecule has 0 saturated carbocycles. The van der Waals surface area contributed by atoms with Crippen LogP contribution in [0.15, 0.2) is 18.5 Å². The average molecular weight is 226 g/mol. The lowest BCUT2D eigenvalue weighted by Crippen LogP contribution is -2.12. The second-order valence-electron chi connectivity index (χ2n) is 2.82. The summed E-state index contributed by atoms with van der Waals surface area (Å²) in [6, 6.07) is 0. The molecule has 0 amide bonds. The first-order valence-electron chi connectivity index (χ1n) is 4.43. The van der Waals surface area contributed by atoms with Gasteiger partial charge < -0.3 is 14.9 Å². The van der Waals surface area contributed by atoms with E-state index < -0.39 is 16.8 Å². The Hall–Kier alpha value is -2.25. The summed E-state index contributed by atoms with van der Waals surface area (Å²) in [5.74, 6) is -1.07. The summed E-state index contributed by atoms with van der Waals surface area (Å²) in [6.07, 6.45) is 1.16. The quantitative estimate of drug-likeness (QED) is 0.310. The van der Waals surface area contributed by atoms with Gasteiger partial charge in [0.1, 0.15) is 0 Å². The molecular formula is C8H10N4O4. The molecule has 8 nitrogen and oxygen atoms in total. The highest BCUT2D eigenvalue weighted by molar-refractivity contribution is 5.87. The molecule has 0 fully saturated rings. The number of nitrogens with zero attached hydrogens (tertiary/aromatic N) is 4. The first kappa shape index (κ1) is 11.8. The highest BCUT2D eigenvalue weighted by Gasteiger charge is 2.16. The van der Waals surface area contributed by atoms with E-state index in [1.807, 2.05) is 0 Å². The third kappa shape index (κ3) is 2.87. The van der Waals surface area contributed by atoms with Crippen LogP contribution in [0.3, 0.4) is 0 Å². The van der Waals surface area contributed by atoms with Gasteiger partial charge in [-0.15, -0.1) is 0 Å². The van der Waals surface area contributed by atoms with Crippen molar-refractivity contribution in [3.8, 4) is 0 Å². The van der Waals surface area contributed by atoms with Crippen molar-refractivity contribution in [3.05, 3.63) is 28.6 Å². The molecule has 1 aromatic heterocycles. The lowest BCUT2D eigenvalue weighted by Gasteiger charge is -2.02. The van der Waals surface area contributed by atoms with Gasteiger partial charge in [0, 0.05) is 5.10 Å². The number of hydrogen-bond donors (Lipinski definition) is 0. The van der Waals surface area contributed by atoms with Crippen LogP contribution in [0.5, 0.6) is 0 Å². The number of nitro groups is 1. The standard InChI is InChI=1S/C8H10N4O4/c1-3-16-7(13)6(2)4-11-5-9-8(10-11)12(14)15/h5H,2-4H2,1H3. The molecule has 86 valence electrons. The van der Waals surface area contributed by atoms with Crippen molar-refractivity contribution in [2.45, 2.75) is 13.5 Å². The maximum Gasteiger partial charge on any atom is 0.490 e. The van der Waals surface area contributed by atoms with Gasteiger partial charge in [0.25, 0.3) is 0 Å². The van der Waals surface area contributed by atoms with Gasteiger partial charge in [0.05, 0.1) is 18.7 Å². The number of esters is 1. The fraction of sp³-hybridized carbons (Fsp3) is 0.375. The molecule has 0 radical (unpaired) electrons. The summed E-state index contributed by atoms with van der Waals surface area (Å²) >= 11 is 0. The number of carbonyl (C=O) groups is 1. The van der Waals surface area contributed by atoms with E-state index >= 15 is 0 Å². The number of rotatable bonds is 5. The number of hydrogen-bond acceptors (Lipinski definition) is 6. The van der Waals surface area contributed by atoms with Crippen molar-refractivity contribution in [1.82, 2.24) is 14.8 Å². The van der Waals surface area contributed by atoms with E-state index in [4.69, 9.17) is 4.74 Å². The lowest BCUT2D eigenvalue weighted by molar-refractivity contribution is -0.394. The normalized spacial score (nSPS) is 9.81. The highest BCUT2D eigenvalue weighted by Crippen LogP contribution is 2.03. The molecule has 0 unspecified atom stereocenters. The zero-order valence-electron chi connectivity index (χ0n) is 8.62. The van der Waals surface area contributed by atoms with Crippen molar-refractivity contribution < 1.29 is 14.5 Å². The van der Waals surface area contributed by atoms with E-state index in [9.17, 15) is 14.9 Å². The zero-order valence-corrected chi connectivity index (χ0v) is 8.62. The van der Waals surface area contributed by atoms with Crippen LogP contribution in [0, 0.1) is 10.1 Å². The van der Waals surface area contributed by atoms with Crippen LogP contribution in [0.4, 0.5) is 5.95 Å². The number of carbonyl (C=O) groups excluding carboxylic acids is 1. The molecular weight excluding hydrogens is 216 g/mol. The summed E-state index contributed by atoms with van der Waals surface area (Å²) in [4.78, 5) is 24.2. The predicted octanol–water partition coefficient (Wildman–Crippen LogP) is 0.306. The third-order valence-corrected chi connectivity index (χ3v) is 1.60. The molecule has 8 heteroatoms. The van der Waals surface area contributed by atoms with Crippen LogP contribution >= 0.6 is 0 Å². The Morgan fingerprint density at radius 2 is 2.44 bits per heavy atom. The van der Waals surface area contributed by atoms with Crippen molar-refractivity contribution >= 4 is 11.9 Å². The van der Waals surface area contributed by atoms with Crippen molar-refractivity contribution in [2.24, 2.45) is 0 Å². The molecule has 0 saturated heterocycles. The summed E-state index contributed by atoms with van der Waals surface area (Å²) in [6.45, 7) is 5.42. The summed E-state index contributed by atoms with van der Waals surface area (Å²) in [5, 5.41) is 13.8. The monoisotopic (exact) mass is 226 g/mol. The van der Waals surface area contributed by atoms with Gasteiger partial charge in [-0.3, -0.25) is 0 Å². The Balaban J connectivity index is 2.63. The average Bonchev–Trinajstić information content (AvgIpc) is 2.66. The topological polar surface area (TPSA) is 100 Å². The third-order valence-electron chi connectivity index (χ3n) is 1.60. The van der Waals surface area contributed by atoms with Gasteiger partial charge in [-0.25, -0.2) is 4.79 Å². The molecule has 0 aromatic carbocycles. The van der Waals surface area contributed by atoms with Crippen molar-refractivity contribution in [3.63, 3.8) is 0 Å². The maximum absolute atomic E-state index is 11.2. The van der Waals surface area contributed by atoms with E-state index in [2.05, 4.69) is 16.7 Å². The first-order chi connectivity index (χ1) is 7.54. The van der Waals surface area contributed by atoms with E-state index in [-0.39, 0.29) is 18.7 Å². The van der Waals surface area contributed by atoms with Crippen LogP contribution in [0.2, 0.25) is 0 Å². The van der Waals surface area contributed by atoms with Gasteiger partial charge in [-0.1, -0.05) is 11.6 Å². The Morgan fingerprint density at radius 3 is 2.94 bits per heavy atom. The van der Waals surface area contributed by atoms with Crippen LogP contribution < -0.4 is 0 Å². The SMILES string of the molecule is C=C(Cn1cnc([N+](=O)[O-])n1)C(=O)OCC. The minimum absolute atomic E-state index is 0.0136. The Bertz CT molecular complexity index is 425. The largest absolute Gasteiger partial charge is 0.490 e. The second-order valence-corrected chi connectivity index (χ2v) is 2.82. The molecule has 0 N–H and O–H groups in total. The van der Waals surface area contributed by atoms with Gasteiger partial charge in [0.2, 0.25) is 6.33 Å². The minimum atomic E-state index is -0.719. The van der Waals surface area contributed by atoms with Crippen LogP contribution in [-0.4, -0.2) is 32.3 Å². The van der Waals surface area contributed by atoms with Gasteiger partial charge in [-0.2, -0.15) is 4.68 Å². The molecule has 0 atom stereocenters. The van der Waals surface area contributed by atoms with Crippen LogP contribution in [0.1, 0.15) is 6.92 Å². The molecule has 16 heavy (non-hydrogen) atoms. The summed E-state index contributed by atoms with van der Waals surface area (Å²) in [7, 11) is 0. The van der Waals surface area contributed by atoms with Crippen LogP contribution in [0.25, 0.3) is 0 Å². The smallest absolute Gasteiger partial charge is 0.463 e. The Kier molecular flexibility index (Phi) is 3.70. The van der Waals surface area contributed by atoms with Gasteiger partial charge in [-0.05, 0) is 11.8 Å². The van der Waals surface area contributed by atoms with Gasteiger partial charge in [0.15, 0.2) is 0 Å². The van der Waals surface area contributed by atoms with Gasteiger partial charge >= 0.3 is 11.9 Å². The Morgan fingerprint density at radius 1 is 1.75 bits per heavy atom. The molecule has 0 bridgehead atoms. The molecule has 1 rings (SSSR count). The molecule has 1 aromatic rings. The molecule has 0 aliphatic carbocycles. The fourth-order valence-electron chi connectivity index (χ4n) is 0.938. The zero-order chi connectivity index (χ0) is 12.1. The highest BCUT2D eigenvalue weighted by atomic mass is 16.6.